The predicted molar refractivity (Wildman–Crippen MR) is 197 cm³/mol. The van der Waals surface area contributed by atoms with Gasteiger partial charge in [0.05, 0.1) is 9.85 Å². The van der Waals surface area contributed by atoms with Crippen LogP contribution in [0.3, 0.4) is 0 Å². The van der Waals surface area contributed by atoms with E-state index in [0.717, 1.165) is 46.5 Å². The van der Waals surface area contributed by atoms with Crippen LogP contribution in [0.25, 0.3) is 0 Å². The SMILES string of the molecule is O=C(CCSSCCC(=O)Nc1ccc(CC2NC2c2ccc([N+](=O)[O-])cc2)cc1)Nc1ccc(CC2NC2c2ccc([N+](=O)[O-])cc2)cc1. The minimum Gasteiger partial charge on any atom is -0.326 e. The van der Waals surface area contributed by atoms with Crippen molar-refractivity contribution in [1.29, 1.82) is 0 Å². The van der Waals surface area contributed by atoms with E-state index in [9.17, 15) is 29.8 Å². The molecule has 2 saturated heterocycles. The smallest absolute Gasteiger partial charge is 0.269 e. The van der Waals surface area contributed by atoms with Crippen molar-refractivity contribution in [2.24, 2.45) is 0 Å². The van der Waals surface area contributed by atoms with Gasteiger partial charge in [-0.2, -0.15) is 0 Å². The number of non-ortho nitro benzene ring substituents is 2. The Bertz CT molecular complexity index is 1690. The fourth-order valence-electron chi connectivity index (χ4n) is 5.76. The van der Waals surface area contributed by atoms with Crippen LogP contribution in [0.5, 0.6) is 0 Å². The van der Waals surface area contributed by atoms with Gasteiger partial charge < -0.3 is 21.3 Å². The van der Waals surface area contributed by atoms with Crippen LogP contribution in [0.1, 0.15) is 47.2 Å². The third kappa shape index (κ3) is 9.91. The molecule has 0 bridgehead atoms. The molecule has 2 heterocycles. The molecule has 4 atom stereocenters. The molecule has 0 saturated carbocycles. The van der Waals surface area contributed by atoms with Crippen molar-refractivity contribution in [1.82, 2.24) is 10.6 Å². The zero-order chi connectivity index (χ0) is 35.0. The average Bonchev–Trinajstić information content (AvgIpc) is 4.05. The highest BCUT2D eigenvalue weighted by molar-refractivity contribution is 8.76. The van der Waals surface area contributed by atoms with Gasteiger partial charge in [0.15, 0.2) is 0 Å². The van der Waals surface area contributed by atoms with Crippen LogP contribution in [0, 0.1) is 20.2 Å². The van der Waals surface area contributed by atoms with Crippen LogP contribution in [0.2, 0.25) is 0 Å². The van der Waals surface area contributed by atoms with E-state index in [1.165, 1.54) is 24.3 Å². The molecule has 2 aliphatic heterocycles. The molecule has 0 aliphatic carbocycles. The summed E-state index contributed by atoms with van der Waals surface area (Å²) >= 11 is 0. The van der Waals surface area contributed by atoms with Crippen molar-refractivity contribution in [3.05, 3.63) is 140 Å². The first-order valence-electron chi connectivity index (χ1n) is 16.2. The van der Waals surface area contributed by atoms with Crippen LogP contribution in [-0.2, 0) is 22.4 Å². The molecule has 50 heavy (non-hydrogen) atoms. The molecule has 2 fully saturated rings. The summed E-state index contributed by atoms with van der Waals surface area (Å²) in [6, 6.07) is 29.8. The number of hydrogen-bond donors (Lipinski definition) is 4. The van der Waals surface area contributed by atoms with Crippen molar-refractivity contribution < 1.29 is 19.4 Å². The van der Waals surface area contributed by atoms with Crippen molar-refractivity contribution >= 4 is 56.2 Å². The number of nitro benzene ring substituents is 2. The molecule has 6 rings (SSSR count). The number of anilines is 2. The van der Waals surface area contributed by atoms with Crippen molar-refractivity contribution in [3.63, 3.8) is 0 Å². The Balaban J connectivity index is 0.806. The summed E-state index contributed by atoms with van der Waals surface area (Å²) in [5.74, 6) is 1.15. The lowest BCUT2D eigenvalue weighted by Crippen LogP contribution is -2.12. The predicted octanol–water partition coefficient (Wildman–Crippen LogP) is 6.75. The minimum atomic E-state index is -0.398. The fraction of sp³-hybridized carbons (Fsp3) is 0.278. The van der Waals surface area contributed by atoms with Gasteiger partial charge in [-0.25, -0.2) is 0 Å². The third-order valence-corrected chi connectivity index (χ3v) is 11.0. The summed E-state index contributed by atoms with van der Waals surface area (Å²) in [7, 11) is 3.14. The second-order valence-electron chi connectivity index (χ2n) is 12.2. The van der Waals surface area contributed by atoms with E-state index in [2.05, 4.69) is 21.3 Å². The summed E-state index contributed by atoms with van der Waals surface area (Å²) in [5, 5.41) is 34.4. The summed E-state index contributed by atoms with van der Waals surface area (Å²) in [5.41, 5.74) is 6.01. The average molecular weight is 713 g/mol. The first-order valence-corrected chi connectivity index (χ1v) is 18.7. The molecular weight excluding hydrogens is 677 g/mol. The van der Waals surface area contributed by atoms with Gasteiger partial charge in [0, 0.05) is 84.2 Å². The molecule has 4 aromatic carbocycles. The number of nitro groups is 2. The van der Waals surface area contributed by atoms with Gasteiger partial charge in [0.2, 0.25) is 11.8 Å². The van der Waals surface area contributed by atoms with Gasteiger partial charge in [-0.15, -0.1) is 0 Å². The molecule has 0 radical (unpaired) electrons. The Kier molecular flexibility index (Phi) is 11.4. The summed E-state index contributed by atoms with van der Waals surface area (Å²) in [6.45, 7) is 0. The second-order valence-corrected chi connectivity index (χ2v) is 14.9. The normalized spacial score (nSPS) is 19.0. The van der Waals surface area contributed by atoms with Crippen molar-refractivity contribution in [2.75, 3.05) is 22.1 Å². The van der Waals surface area contributed by atoms with E-state index >= 15 is 0 Å². The van der Waals surface area contributed by atoms with Gasteiger partial charge >= 0.3 is 0 Å². The van der Waals surface area contributed by atoms with Gasteiger partial charge in [-0.1, -0.05) is 70.1 Å². The van der Waals surface area contributed by atoms with E-state index < -0.39 is 9.85 Å². The van der Waals surface area contributed by atoms with Gasteiger partial charge in [-0.05, 0) is 59.4 Å². The Labute approximate surface area is 296 Å². The van der Waals surface area contributed by atoms with E-state index in [4.69, 9.17) is 0 Å². The zero-order valence-corrected chi connectivity index (χ0v) is 28.6. The lowest BCUT2D eigenvalue weighted by Gasteiger charge is -2.07. The quantitative estimate of drug-likeness (QED) is 0.0300. The molecule has 4 N–H and O–H groups in total. The standard InChI is InChI=1S/C36H36N6O6S2/c43-33(37-27-9-1-23(2-10-27)21-31-35(39-31)25-5-13-29(14-6-25)41(45)46)17-19-49-50-20-18-34(44)38-28-11-3-24(4-12-28)22-32-36(40-32)26-7-15-30(16-8-26)42(47)48/h1-16,31-32,35-36,39-40H,17-22H2,(H,37,43)(H,38,44). The maximum Gasteiger partial charge on any atom is 0.269 e. The molecule has 2 amide bonds. The number of amides is 2. The number of benzene rings is 4. The first-order chi connectivity index (χ1) is 24.2. The Morgan fingerprint density at radius 2 is 0.940 bits per heavy atom. The van der Waals surface area contributed by atoms with E-state index in [1.54, 1.807) is 45.9 Å². The highest BCUT2D eigenvalue weighted by Gasteiger charge is 2.38. The Hall–Kier alpha value is -4.76. The first kappa shape index (κ1) is 35.1. The molecule has 2 aliphatic rings. The fourth-order valence-corrected chi connectivity index (χ4v) is 7.74. The molecule has 258 valence electrons. The van der Waals surface area contributed by atoms with Crippen molar-refractivity contribution in [3.8, 4) is 0 Å². The topological polar surface area (TPSA) is 188 Å². The minimum absolute atomic E-state index is 0.0616. The lowest BCUT2D eigenvalue weighted by molar-refractivity contribution is -0.385. The number of nitrogens with one attached hydrogen (secondary N) is 4. The largest absolute Gasteiger partial charge is 0.326 e. The second kappa shape index (κ2) is 16.3. The van der Waals surface area contributed by atoms with Gasteiger partial charge in [0.1, 0.15) is 0 Å². The van der Waals surface area contributed by atoms with Crippen LogP contribution >= 0.6 is 21.6 Å². The zero-order valence-electron chi connectivity index (χ0n) is 27.0. The molecule has 0 spiro atoms. The van der Waals surface area contributed by atoms with Crippen LogP contribution in [0.4, 0.5) is 22.7 Å². The molecule has 14 heteroatoms. The molecular formula is C36H36N6O6S2. The number of carbonyl (C=O) groups is 2. The summed E-state index contributed by atoms with van der Waals surface area (Å²) in [6.07, 6.45) is 2.38. The number of hydrogen-bond acceptors (Lipinski definition) is 10. The van der Waals surface area contributed by atoms with E-state index in [1.807, 2.05) is 48.5 Å². The molecule has 0 aromatic heterocycles. The number of rotatable bonds is 17. The van der Waals surface area contributed by atoms with Crippen LogP contribution < -0.4 is 21.3 Å². The van der Waals surface area contributed by atoms with Gasteiger partial charge in [-0.3, -0.25) is 29.8 Å². The monoisotopic (exact) mass is 712 g/mol. The highest BCUT2D eigenvalue weighted by atomic mass is 33.1. The molecule has 12 nitrogen and oxygen atoms in total. The van der Waals surface area contributed by atoms with Crippen LogP contribution in [-0.4, -0.2) is 45.3 Å². The summed E-state index contributed by atoms with van der Waals surface area (Å²) in [4.78, 5) is 45.8. The summed E-state index contributed by atoms with van der Waals surface area (Å²) < 4.78 is 0. The third-order valence-electron chi connectivity index (χ3n) is 8.59. The maximum atomic E-state index is 12.4. The van der Waals surface area contributed by atoms with Gasteiger partial charge in [0.25, 0.3) is 11.4 Å². The van der Waals surface area contributed by atoms with Crippen LogP contribution in [0.15, 0.2) is 97.1 Å². The Morgan fingerprint density at radius 1 is 0.580 bits per heavy atom. The number of nitrogens with zero attached hydrogens (tertiary/aromatic N) is 2. The number of carbonyl (C=O) groups excluding carboxylic acids is 2. The molecule has 4 aromatic rings. The molecule has 4 unspecified atom stereocenters. The Morgan fingerprint density at radius 3 is 1.28 bits per heavy atom. The lowest BCUT2D eigenvalue weighted by atomic mass is 10.0. The highest BCUT2D eigenvalue weighted by Crippen LogP contribution is 2.34. The maximum absolute atomic E-state index is 12.4. The van der Waals surface area contributed by atoms with E-state index in [0.29, 0.717) is 24.3 Å². The van der Waals surface area contributed by atoms with E-state index in [-0.39, 0.29) is 47.4 Å². The van der Waals surface area contributed by atoms with Crippen molar-refractivity contribution in [2.45, 2.75) is 49.9 Å².